The van der Waals surface area contributed by atoms with Gasteiger partial charge < -0.3 is 4.74 Å². The molecule has 0 N–H and O–H groups in total. The first kappa shape index (κ1) is 14.3. The van der Waals surface area contributed by atoms with Gasteiger partial charge in [0, 0.05) is 12.4 Å². The smallest absolute Gasteiger partial charge is 0.311 e. The Hall–Kier alpha value is -2.16. The van der Waals surface area contributed by atoms with Gasteiger partial charge in [-0.25, -0.2) is 0 Å². The number of pyridine rings is 1. The summed E-state index contributed by atoms with van der Waals surface area (Å²) in [7, 11) is 0. The van der Waals surface area contributed by atoms with Gasteiger partial charge >= 0.3 is 5.97 Å². The fourth-order valence-electron chi connectivity index (χ4n) is 2.22. The van der Waals surface area contributed by atoms with Crippen LogP contribution in [-0.2, 0) is 4.79 Å². The van der Waals surface area contributed by atoms with Crippen molar-refractivity contribution in [3.63, 3.8) is 0 Å². The lowest BCUT2D eigenvalue weighted by Gasteiger charge is -2.15. The van der Waals surface area contributed by atoms with Crippen molar-refractivity contribution < 1.29 is 9.53 Å². The largest absolute Gasteiger partial charge is 0.427 e. The second-order valence-electron chi connectivity index (χ2n) is 4.76. The van der Waals surface area contributed by atoms with Gasteiger partial charge in [-0.2, -0.15) is 0 Å². The zero-order valence-corrected chi connectivity index (χ0v) is 11.7. The maximum atomic E-state index is 12.0. The number of nitrogens with zero attached hydrogens (tertiary/aromatic N) is 1. The first-order chi connectivity index (χ1) is 9.79. The Kier molecular flexibility index (Phi) is 5.30. The number of aromatic nitrogens is 1. The molecule has 20 heavy (non-hydrogen) atoms. The lowest BCUT2D eigenvalue weighted by atomic mass is 9.93. The molecule has 0 aliphatic heterocycles. The number of para-hydroxylation sites is 1. The molecule has 1 aromatic heterocycles. The minimum atomic E-state index is -0.196. The number of rotatable bonds is 6. The summed E-state index contributed by atoms with van der Waals surface area (Å²) in [6.07, 6.45) is 5.94. The van der Waals surface area contributed by atoms with Crippen LogP contribution in [0.25, 0.3) is 0 Å². The lowest BCUT2D eigenvalue weighted by Crippen LogP contribution is -2.13. The van der Waals surface area contributed by atoms with E-state index in [-0.39, 0.29) is 11.9 Å². The lowest BCUT2D eigenvalue weighted by molar-refractivity contribution is -0.134. The average Bonchev–Trinajstić information content (AvgIpc) is 2.49. The zero-order valence-electron chi connectivity index (χ0n) is 11.7. The summed E-state index contributed by atoms with van der Waals surface area (Å²) in [5.74, 6) is 0.572. The van der Waals surface area contributed by atoms with Crippen LogP contribution in [-0.4, -0.2) is 11.0 Å². The van der Waals surface area contributed by atoms with Crippen molar-refractivity contribution in [2.75, 3.05) is 0 Å². The fourth-order valence-corrected chi connectivity index (χ4v) is 2.22. The van der Waals surface area contributed by atoms with Crippen LogP contribution in [0.5, 0.6) is 5.75 Å². The molecule has 1 atom stereocenters. The van der Waals surface area contributed by atoms with Crippen molar-refractivity contribution in [2.24, 2.45) is 0 Å². The predicted octanol–water partition coefficient (Wildman–Crippen LogP) is 3.96. The Balaban J connectivity index is 1.99. The van der Waals surface area contributed by atoms with Gasteiger partial charge in [-0.15, -0.1) is 0 Å². The minimum absolute atomic E-state index is 0.171. The summed E-state index contributed by atoms with van der Waals surface area (Å²) in [4.78, 5) is 16.2. The second-order valence-corrected chi connectivity index (χ2v) is 4.76. The zero-order chi connectivity index (χ0) is 14.2. The predicted molar refractivity (Wildman–Crippen MR) is 78.6 cm³/mol. The van der Waals surface area contributed by atoms with Gasteiger partial charge in [0.05, 0.1) is 6.42 Å². The van der Waals surface area contributed by atoms with Crippen LogP contribution in [0.15, 0.2) is 54.9 Å². The van der Waals surface area contributed by atoms with E-state index in [1.807, 2.05) is 36.5 Å². The van der Waals surface area contributed by atoms with Gasteiger partial charge in [0.1, 0.15) is 5.75 Å². The quantitative estimate of drug-likeness (QED) is 0.588. The first-order valence-corrected chi connectivity index (χ1v) is 6.95. The first-order valence-electron chi connectivity index (χ1n) is 6.95. The van der Waals surface area contributed by atoms with E-state index in [1.165, 1.54) is 0 Å². The highest BCUT2D eigenvalue weighted by atomic mass is 16.5. The van der Waals surface area contributed by atoms with Gasteiger partial charge in [-0.05, 0) is 36.1 Å². The summed E-state index contributed by atoms with van der Waals surface area (Å²) >= 11 is 0. The number of carbonyl (C=O) groups excluding carboxylic acids is 1. The van der Waals surface area contributed by atoms with Gasteiger partial charge in [0.25, 0.3) is 0 Å². The summed E-state index contributed by atoms with van der Waals surface area (Å²) in [6, 6.07) is 13.1. The Morgan fingerprint density at radius 2 is 2.00 bits per heavy atom. The van der Waals surface area contributed by atoms with Crippen LogP contribution < -0.4 is 4.74 Å². The number of benzene rings is 1. The van der Waals surface area contributed by atoms with Gasteiger partial charge in [-0.1, -0.05) is 37.6 Å². The maximum Gasteiger partial charge on any atom is 0.311 e. The van der Waals surface area contributed by atoms with Crippen LogP contribution in [0.2, 0.25) is 0 Å². The second kappa shape index (κ2) is 7.43. The normalized spacial score (nSPS) is 11.8. The third-order valence-corrected chi connectivity index (χ3v) is 3.18. The Labute approximate surface area is 119 Å². The molecule has 104 valence electrons. The van der Waals surface area contributed by atoms with Crippen LogP contribution in [0.4, 0.5) is 0 Å². The molecule has 0 radical (unpaired) electrons. The van der Waals surface area contributed by atoms with Crippen molar-refractivity contribution in [3.8, 4) is 5.75 Å². The molecule has 0 fully saturated rings. The molecule has 0 bridgehead atoms. The SMILES string of the molecule is CCC[C@H](CC(=O)Oc1ccccc1)c1cccnc1. The van der Waals surface area contributed by atoms with Crippen LogP contribution >= 0.6 is 0 Å². The average molecular weight is 269 g/mol. The van der Waals surface area contributed by atoms with Crippen molar-refractivity contribution in [1.82, 2.24) is 4.98 Å². The summed E-state index contributed by atoms with van der Waals surface area (Å²) in [5, 5.41) is 0. The molecule has 0 saturated heterocycles. The molecule has 0 aliphatic carbocycles. The summed E-state index contributed by atoms with van der Waals surface area (Å²) in [5.41, 5.74) is 1.10. The third-order valence-electron chi connectivity index (χ3n) is 3.18. The van der Waals surface area contributed by atoms with E-state index in [0.29, 0.717) is 12.2 Å². The monoisotopic (exact) mass is 269 g/mol. The molecule has 3 nitrogen and oxygen atoms in total. The van der Waals surface area contributed by atoms with Crippen LogP contribution in [0.3, 0.4) is 0 Å². The summed E-state index contributed by atoms with van der Waals surface area (Å²) in [6.45, 7) is 2.12. The van der Waals surface area contributed by atoms with Gasteiger partial charge in [-0.3, -0.25) is 9.78 Å². The fraction of sp³-hybridized carbons (Fsp3) is 0.294. The number of hydrogen-bond donors (Lipinski definition) is 0. The highest BCUT2D eigenvalue weighted by molar-refractivity contribution is 5.73. The van der Waals surface area contributed by atoms with Crippen molar-refractivity contribution in [2.45, 2.75) is 32.1 Å². The van der Waals surface area contributed by atoms with Crippen molar-refractivity contribution in [1.29, 1.82) is 0 Å². The topological polar surface area (TPSA) is 39.2 Å². The van der Waals surface area contributed by atoms with Crippen molar-refractivity contribution in [3.05, 3.63) is 60.4 Å². The highest BCUT2D eigenvalue weighted by Gasteiger charge is 2.17. The molecule has 1 heterocycles. The van der Waals surface area contributed by atoms with E-state index in [1.54, 1.807) is 18.3 Å². The van der Waals surface area contributed by atoms with E-state index in [0.717, 1.165) is 18.4 Å². The number of ether oxygens (including phenoxy) is 1. The molecular weight excluding hydrogens is 250 g/mol. The van der Waals surface area contributed by atoms with E-state index in [2.05, 4.69) is 11.9 Å². The standard InChI is InChI=1S/C17H19NO2/c1-2-7-14(15-8-6-11-18-13-15)12-17(19)20-16-9-4-3-5-10-16/h3-6,8-11,13-14H,2,7,12H2,1H3/t14-/m1/s1. The van der Waals surface area contributed by atoms with Gasteiger partial charge in [0.2, 0.25) is 0 Å². The van der Waals surface area contributed by atoms with Crippen LogP contribution in [0.1, 0.15) is 37.7 Å². The molecule has 1 aromatic carbocycles. The molecule has 2 aromatic rings. The van der Waals surface area contributed by atoms with E-state index < -0.39 is 0 Å². The molecular formula is C17H19NO2. The Morgan fingerprint density at radius 3 is 2.65 bits per heavy atom. The van der Waals surface area contributed by atoms with E-state index >= 15 is 0 Å². The molecule has 0 saturated carbocycles. The van der Waals surface area contributed by atoms with Gasteiger partial charge in [0.15, 0.2) is 0 Å². The Morgan fingerprint density at radius 1 is 1.20 bits per heavy atom. The molecule has 0 unspecified atom stereocenters. The van der Waals surface area contributed by atoms with E-state index in [9.17, 15) is 4.79 Å². The third kappa shape index (κ3) is 4.19. The summed E-state index contributed by atoms with van der Waals surface area (Å²) < 4.78 is 5.35. The maximum absolute atomic E-state index is 12.0. The number of esters is 1. The minimum Gasteiger partial charge on any atom is -0.427 e. The van der Waals surface area contributed by atoms with E-state index in [4.69, 9.17) is 4.74 Å². The Bertz CT molecular complexity index is 525. The molecule has 2 rings (SSSR count). The van der Waals surface area contributed by atoms with Crippen LogP contribution in [0, 0.1) is 0 Å². The highest BCUT2D eigenvalue weighted by Crippen LogP contribution is 2.25. The number of carbonyl (C=O) groups is 1. The molecule has 3 heteroatoms. The molecule has 0 aliphatic rings. The number of hydrogen-bond acceptors (Lipinski definition) is 3. The van der Waals surface area contributed by atoms with Crippen molar-refractivity contribution >= 4 is 5.97 Å². The molecule has 0 amide bonds. The molecule has 0 spiro atoms.